The van der Waals surface area contributed by atoms with Crippen molar-refractivity contribution in [1.82, 2.24) is 14.5 Å². The SMILES string of the molecule is Brc1ccc2c(c1)Cc1ccccc1-2.Brc1ccc2c3ccccc3n(-c3ccccn3)c2c1.Ic1ccccn1.N[C@H]1CCCC[C@@H]1N. The van der Waals surface area contributed by atoms with Crippen LogP contribution in [0.5, 0.6) is 0 Å². The highest BCUT2D eigenvalue weighted by Gasteiger charge is 2.18. The van der Waals surface area contributed by atoms with Gasteiger partial charge in [-0.3, -0.25) is 9.55 Å². The van der Waals surface area contributed by atoms with Crippen molar-refractivity contribution in [3.8, 4) is 16.9 Å². The summed E-state index contributed by atoms with van der Waals surface area (Å²) in [6.45, 7) is 0. The largest absolute Gasteiger partial charge is 0.326 e. The smallest absolute Gasteiger partial charge is 0.137 e. The van der Waals surface area contributed by atoms with Crippen LogP contribution in [-0.4, -0.2) is 26.6 Å². The van der Waals surface area contributed by atoms with Crippen molar-refractivity contribution in [3.63, 3.8) is 0 Å². The number of pyridine rings is 2. The second-order valence-electron chi connectivity index (χ2n) is 12.1. The first-order chi connectivity index (χ1) is 23.9. The number of hydrogen-bond acceptors (Lipinski definition) is 4. The van der Waals surface area contributed by atoms with Crippen LogP contribution < -0.4 is 11.5 Å². The summed E-state index contributed by atoms with van der Waals surface area (Å²) >= 11 is 9.24. The molecule has 2 aliphatic rings. The van der Waals surface area contributed by atoms with E-state index in [1.807, 2.05) is 42.6 Å². The van der Waals surface area contributed by atoms with Crippen LogP contribution in [0, 0.1) is 3.70 Å². The summed E-state index contributed by atoms with van der Waals surface area (Å²) in [6, 6.07) is 42.4. The summed E-state index contributed by atoms with van der Waals surface area (Å²) in [5, 5.41) is 2.50. The van der Waals surface area contributed by atoms with E-state index < -0.39 is 0 Å². The topological polar surface area (TPSA) is 82.8 Å². The first-order valence-corrected chi connectivity index (χ1v) is 19.1. The number of rotatable bonds is 1. The van der Waals surface area contributed by atoms with Gasteiger partial charge in [-0.05, 0) is 119 Å². The Hall–Kier alpha value is -3.41. The molecule has 49 heavy (non-hydrogen) atoms. The number of halogens is 3. The van der Waals surface area contributed by atoms with Gasteiger partial charge >= 0.3 is 0 Å². The van der Waals surface area contributed by atoms with Crippen molar-refractivity contribution in [3.05, 3.63) is 157 Å². The highest BCUT2D eigenvalue weighted by atomic mass is 127. The molecular weight excluding hydrogens is 849 g/mol. The molecule has 1 fully saturated rings. The zero-order chi connectivity index (χ0) is 34.2. The third-order valence-corrected chi connectivity index (χ3v) is 10.4. The van der Waals surface area contributed by atoms with E-state index >= 15 is 0 Å². The van der Waals surface area contributed by atoms with Gasteiger partial charge in [0.1, 0.15) is 9.52 Å². The number of para-hydroxylation sites is 1. The minimum absolute atomic E-state index is 0.281. The lowest BCUT2D eigenvalue weighted by molar-refractivity contribution is 0.385. The molecule has 5 nitrogen and oxygen atoms in total. The molecule has 0 bridgehead atoms. The van der Waals surface area contributed by atoms with Gasteiger partial charge in [0.05, 0.1) is 11.0 Å². The highest BCUT2D eigenvalue weighted by Crippen LogP contribution is 2.37. The van der Waals surface area contributed by atoms with Gasteiger partial charge in [0, 0.05) is 44.2 Å². The lowest BCUT2D eigenvalue weighted by Gasteiger charge is -2.24. The van der Waals surface area contributed by atoms with Crippen molar-refractivity contribution in [2.75, 3.05) is 0 Å². The molecule has 9 rings (SSSR count). The quantitative estimate of drug-likeness (QED) is 0.127. The van der Waals surface area contributed by atoms with Gasteiger partial charge in [0.25, 0.3) is 0 Å². The molecule has 0 amide bonds. The maximum absolute atomic E-state index is 5.65. The fourth-order valence-electron chi connectivity index (χ4n) is 6.32. The highest BCUT2D eigenvalue weighted by molar-refractivity contribution is 14.1. The lowest BCUT2D eigenvalue weighted by Crippen LogP contribution is -2.43. The van der Waals surface area contributed by atoms with E-state index in [4.69, 9.17) is 11.5 Å². The molecule has 4 N–H and O–H groups in total. The van der Waals surface area contributed by atoms with Gasteiger partial charge in [-0.2, -0.15) is 0 Å². The van der Waals surface area contributed by atoms with Crippen LogP contribution in [0.15, 0.2) is 143 Å². The normalized spacial score (nSPS) is 15.9. The van der Waals surface area contributed by atoms with Gasteiger partial charge in [-0.25, -0.2) is 4.98 Å². The minimum atomic E-state index is 0.281. The number of fused-ring (bicyclic) bond motifs is 6. The summed E-state index contributed by atoms with van der Waals surface area (Å²) in [6.07, 6.45) is 9.48. The molecule has 3 aromatic heterocycles. The zero-order valence-electron chi connectivity index (χ0n) is 27.0. The molecule has 4 aromatic carbocycles. The second-order valence-corrected chi connectivity index (χ2v) is 15.0. The molecule has 0 saturated heterocycles. The summed E-state index contributed by atoms with van der Waals surface area (Å²) in [4.78, 5) is 8.46. The molecule has 0 unspecified atom stereocenters. The number of aromatic nitrogens is 3. The van der Waals surface area contributed by atoms with E-state index in [-0.39, 0.29) is 12.1 Å². The Morgan fingerprint density at radius 2 is 1.20 bits per heavy atom. The molecule has 2 aliphatic carbocycles. The average molecular weight is 888 g/mol. The molecule has 8 heteroatoms. The van der Waals surface area contributed by atoms with Crippen molar-refractivity contribution in [2.24, 2.45) is 11.5 Å². The van der Waals surface area contributed by atoms with Crippen LogP contribution in [0.4, 0.5) is 0 Å². The number of nitrogens with two attached hydrogens (primary N) is 2. The van der Waals surface area contributed by atoms with Gasteiger partial charge in [-0.1, -0.05) is 111 Å². The van der Waals surface area contributed by atoms with Crippen LogP contribution in [0.1, 0.15) is 36.8 Å². The predicted octanol–water partition coefficient (Wildman–Crippen LogP) is 10.9. The Kier molecular flexibility index (Phi) is 12.3. The third-order valence-electron chi connectivity index (χ3n) is 8.77. The van der Waals surface area contributed by atoms with E-state index in [2.05, 4.69) is 154 Å². The molecule has 2 atom stereocenters. The molecule has 1 saturated carbocycles. The van der Waals surface area contributed by atoms with E-state index in [0.717, 1.165) is 33.3 Å². The Balaban J connectivity index is 0.000000124. The lowest BCUT2D eigenvalue weighted by atomic mass is 9.92. The van der Waals surface area contributed by atoms with Crippen molar-refractivity contribution in [1.29, 1.82) is 0 Å². The average Bonchev–Trinajstić information content (AvgIpc) is 3.66. The van der Waals surface area contributed by atoms with E-state index in [9.17, 15) is 0 Å². The summed E-state index contributed by atoms with van der Waals surface area (Å²) < 4.78 is 5.49. The van der Waals surface area contributed by atoms with Crippen molar-refractivity contribution in [2.45, 2.75) is 44.2 Å². The Bertz CT molecular complexity index is 2130. The van der Waals surface area contributed by atoms with Crippen molar-refractivity contribution >= 4 is 76.3 Å². The monoisotopic (exact) mass is 885 g/mol. The van der Waals surface area contributed by atoms with E-state index in [0.29, 0.717) is 0 Å². The summed E-state index contributed by atoms with van der Waals surface area (Å²) in [5.41, 5.74) is 19.3. The van der Waals surface area contributed by atoms with Crippen LogP contribution in [0.25, 0.3) is 38.8 Å². The van der Waals surface area contributed by atoms with Gasteiger partial charge < -0.3 is 11.5 Å². The van der Waals surface area contributed by atoms with Gasteiger partial charge in [0.15, 0.2) is 0 Å². The zero-order valence-corrected chi connectivity index (χ0v) is 32.4. The molecule has 7 aromatic rings. The molecule has 0 aliphatic heterocycles. The van der Waals surface area contributed by atoms with Crippen LogP contribution in [-0.2, 0) is 6.42 Å². The second kappa shape index (κ2) is 17.0. The van der Waals surface area contributed by atoms with Gasteiger partial charge in [-0.15, -0.1) is 0 Å². The van der Waals surface area contributed by atoms with Crippen LogP contribution in [0.2, 0.25) is 0 Å². The summed E-state index contributed by atoms with van der Waals surface area (Å²) in [5.74, 6) is 0.941. The molecule has 0 spiro atoms. The van der Waals surface area contributed by atoms with E-state index in [1.165, 1.54) is 61.4 Å². The maximum atomic E-state index is 5.65. The standard InChI is InChI=1S/C17H11BrN2.C13H9Br.C6H14N2.C5H4IN/c18-12-8-9-14-13-5-1-2-6-15(13)20(16(14)11-12)17-7-3-4-10-19-17;14-11-5-6-13-10(8-11)7-9-3-1-2-4-12(9)13;7-5-3-1-2-4-6(5)8;6-5-3-1-2-4-7-5/h1-11H;1-6,8H,7H2;5-6H,1-4,7-8H2;1-4H/t;;5-,6-;/m..0./s1. The van der Waals surface area contributed by atoms with Crippen LogP contribution >= 0.6 is 54.5 Å². The van der Waals surface area contributed by atoms with Crippen LogP contribution in [0.3, 0.4) is 0 Å². The number of nitrogens with zero attached hydrogens (tertiary/aromatic N) is 3. The Labute approximate surface area is 318 Å². The third kappa shape index (κ3) is 8.85. The number of hydrogen-bond donors (Lipinski definition) is 2. The molecular formula is C41H38Br2IN5. The van der Waals surface area contributed by atoms with E-state index in [1.54, 1.807) is 6.20 Å². The predicted molar refractivity (Wildman–Crippen MR) is 220 cm³/mol. The first kappa shape index (κ1) is 35.4. The fraction of sp³-hybridized carbons (Fsp3) is 0.171. The number of benzene rings is 4. The Morgan fingerprint density at radius 3 is 1.88 bits per heavy atom. The maximum Gasteiger partial charge on any atom is 0.137 e. The first-order valence-electron chi connectivity index (χ1n) is 16.4. The van der Waals surface area contributed by atoms with Gasteiger partial charge in [0.2, 0.25) is 0 Å². The molecule has 248 valence electrons. The van der Waals surface area contributed by atoms with Crippen molar-refractivity contribution < 1.29 is 0 Å². The fourth-order valence-corrected chi connectivity index (χ4v) is 7.45. The summed E-state index contributed by atoms with van der Waals surface area (Å²) in [7, 11) is 0. The Morgan fingerprint density at radius 1 is 0.592 bits per heavy atom. The molecule has 3 heterocycles. The molecule has 0 radical (unpaired) electrons. The minimum Gasteiger partial charge on any atom is -0.326 e.